The highest BCUT2D eigenvalue weighted by Gasteiger charge is 2.28. The van der Waals surface area contributed by atoms with Gasteiger partial charge in [0.1, 0.15) is 11.6 Å². The lowest BCUT2D eigenvalue weighted by Gasteiger charge is -2.32. The number of ether oxygens (including phenoxy) is 3. The molecule has 0 spiro atoms. The molecule has 0 aromatic heterocycles. The number of amides is 1. The maximum atomic E-state index is 14.6. The van der Waals surface area contributed by atoms with Gasteiger partial charge in [-0.1, -0.05) is 18.2 Å². The quantitative estimate of drug-likeness (QED) is 0.479. The van der Waals surface area contributed by atoms with E-state index in [9.17, 15) is 9.18 Å². The van der Waals surface area contributed by atoms with E-state index in [2.05, 4.69) is 15.6 Å². The molecule has 2 N–H and O–H groups in total. The molecule has 0 bridgehead atoms. The van der Waals surface area contributed by atoms with Crippen molar-refractivity contribution in [1.82, 2.24) is 10.6 Å². The van der Waals surface area contributed by atoms with Crippen LogP contribution >= 0.6 is 0 Å². The van der Waals surface area contributed by atoms with E-state index in [1.165, 1.54) is 6.07 Å². The summed E-state index contributed by atoms with van der Waals surface area (Å²) in [6.07, 6.45) is 5.20. The molecule has 2 aliphatic heterocycles. The lowest BCUT2D eigenvalue weighted by atomic mass is 9.81. The van der Waals surface area contributed by atoms with Gasteiger partial charge in [0.15, 0.2) is 11.5 Å². The van der Waals surface area contributed by atoms with Crippen molar-refractivity contribution in [2.24, 2.45) is 10.9 Å². The molecule has 0 saturated carbocycles. The molecular formula is C28H34FN3O4. The Morgan fingerprint density at radius 3 is 2.92 bits per heavy atom. The van der Waals surface area contributed by atoms with Gasteiger partial charge >= 0.3 is 0 Å². The summed E-state index contributed by atoms with van der Waals surface area (Å²) in [6.45, 7) is 6.65. The zero-order chi connectivity index (χ0) is 25.3. The molecule has 192 valence electrons. The summed E-state index contributed by atoms with van der Waals surface area (Å²) < 4.78 is 31.5. The van der Waals surface area contributed by atoms with Gasteiger partial charge in [-0.2, -0.15) is 0 Å². The molecule has 0 aliphatic carbocycles. The van der Waals surface area contributed by atoms with Crippen molar-refractivity contribution in [1.29, 1.82) is 0 Å². The molecule has 2 heterocycles. The summed E-state index contributed by atoms with van der Waals surface area (Å²) in [5.74, 6) is 1.98. The highest BCUT2D eigenvalue weighted by molar-refractivity contribution is 5.78. The summed E-state index contributed by atoms with van der Waals surface area (Å²) in [5.41, 5.74) is 2.36. The molecule has 0 radical (unpaired) electrons. The van der Waals surface area contributed by atoms with Crippen LogP contribution in [-0.4, -0.2) is 45.2 Å². The fourth-order valence-corrected chi connectivity index (χ4v) is 4.68. The average Bonchev–Trinajstić information content (AvgIpc) is 3.36. The largest absolute Gasteiger partial charge is 0.493 e. The number of halogens is 1. The monoisotopic (exact) mass is 495 g/mol. The molecule has 1 fully saturated rings. The third kappa shape index (κ3) is 6.63. The van der Waals surface area contributed by atoms with Crippen LogP contribution < -0.4 is 24.8 Å². The molecule has 2 aromatic rings. The van der Waals surface area contributed by atoms with Gasteiger partial charge in [0, 0.05) is 43.4 Å². The predicted molar refractivity (Wildman–Crippen MR) is 137 cm³/mol. The van der Waals surface area contributed by atoms with E-state index in [4.69, 9.17) is 14.2 Å². The molecule has 36 heavy (non-hydrogen) atoms. The molecule has 7 nitrogen and oxygen atoms in total. The van der Waals surface area contributed by atoms with Crippen molar-refractivity contribution in [3.8, 4) is 17.2 Å². The minimum absolute atomic E-state index is 0.00518. The SMILES string of the molecule is CC=N/C(=C\C)CCNC(=O)Cc1cc([C@@H]2CCNC[C@H]2COc2ccc3c(c2)OCO3)ccc1F. The molecular weight excluding hydrogens is 461 g/mol. The van der Waals surface area contributed by atoms with Crippen LogP contribution in [0.3, 0.4) is 0 Å². The zero-order valence-electron chi connectivity index (χ0n) is 20.9. The topological polar surface area (TPSA) is 81.2 Å². The second-order valence-corrected chi connectivity index (χ2v) is 8.98. The molecule has 2 aliphatic rings. The van der Waals surface area contributed by atoms with E-state index in [1.54, 1.807) is 6.21 Å². The number of carbonyl (C=O) groups is 1. The van der Waals surface area contributed by atoms with Crippen LogP contribution in [0.4, 0.5) is 4.39 Å². The zero-order valence-corrected chi connectivity index (χ0v) is 20.9. The van der Waals surface area contributed by atoms with Gasteiger partial charge < -0.3 is 24.8 Å². The number of nitrogens with one attached hydrogen (secondary N) is 2. The number of allylic oxidation sites excluding steroid dienone is 1. The van der Waals surface area contributed by atoms with Crippen molar-refractivity contribution in [2.75, 3.05) is 33.0 Å². The molecule has 1 saturated heterocycles. The Morgan fingerprint density at radius 2 is 2.08 bits per heavy atom. The van der Waals surface area contributed by atoms with Crippen molar-refractivity contribution >= 4 is 12.1 Å². The second-order valence-electron chi connectivity index (χ2n) is 8.98. The van der Waals surface area contributed by atoms with Gasteiger partial charge in [0.05, 0.1) is 13.0 Å². The van der Waals surface area contributed by atoms with Crippen LogP contribution in [0.25, 0.3) is 0 Å². The Labute approximate surface area is 211 Å². The summed E-state index contributed by atoms with van der Waals surface area (Å²) in [6, 6.07) is 10.7. The number of aliphatic imine (C=N–C) groups is 1. The van der Waals surface area contributed by atoms with Crippen LogP contribution in [0.1, 0.15) is 43.7 Å². The predicted octanol–water partition coefficient (Wildman–Crippen LogP) is 4.37. The smallest absolute Gasteiger partial charge is 0.231 e. The Hall–Kier alpha value is -3.39. The average molecular weight is 496 g/mol. The number of piperidine rings is 1. The lowest BCUT2D eigenvalue weighted by molar-refractivity contribution is -0.120. The van der Waals surface area contributed by atoms with Gasteiger partial charge in [-0.05, 0) is 62.1 Å². The normalized spacial score (nSPS) is 19.5. The molecule has 1 amide bonds. The van der Waals surface area contributed by atoms with E-state index in [0.717, 1.165) is 42.3 Å². The van der Waals surface area contributed by atoms with E-state index < -0.39 is 0 Å². The van der Waals surface area contributed by atoms with Crippen LogP contribution in [-0.2, 0) is 11.2 Å². The minimum Gasteiger partial charge on any atom is -0.493 e. The fourth-order valence-electron chi connectivity index (χ4n) is 4.68. The number of carbonyl (C=O) groups excluding carboxylic acids is 1. The molecule has 4 rings (SSSR count). The summed E-state index contributed by atoms with van der Waals surface area (Å²) in [7, 11) is 0. The summed E-state index contributed by atoms with van der Waals surface area (Å²) >= 11 is 0. The third-order valence-electron chi connectivity index (χ3n) is 6.60. The van der Waals surface area contributed by atoms with Crippen molar-refractivity contribution < 1.29 is 23.4 Å². The van der Waals surface area contributed by atoms with Gasteiger partial charge in [0.25, 0.3) is 0 Å². The minimum atomic E-state index is -0.360. The molecule has 0 unspecified atom stereocenters. The first-order chi connectivity index (χ1) is 17.6. The maximum Gasteiger partial charge on any atom is 0.231 e. The van der Waals surface area contributed by atoms with Crippen LogP contribution in [0.15, 0.2) is 53.2 Å². The lowest BCUT2D eigenvalue weighted by Crippen LogP contribution is -2.38. The third-order valence-corrected chi connectivity index (χ3v) is 6.60. The van der Waals surface area contributed by atoms with Crippen LogP contribution in [0.5, 0.6) is 17.2 Å². The number of hydrogen-bond acceptors (Lipinski definition) is 6. The Kier molecular flexibility index (Phi) is 8.95. The first-order valence-corrected chi connectivity index (χ1v) is 12.5. The first-order valence-electron chi connectivity index (χ1n) is 12.5. The highest BCUT2D eigenvalue weighted by Crippen LogP contribution is 2.36. The maximum absolute atomic E-state index is 14.6. The Morgan fingerprint density at radius 1 is 1.22 bits per heavy atom. The number of rotatable bonds is 10. The Bertz CT molecular complexity index is 1120. The van der Waals surface area contributed by atoms with E-state index in [0.29, 0.717) is 30.9 Å². The van der Waals surface area contributed by atoms with Gasteiger partial charge in [-0.3, -0.25) is 9.79 Å². The van der Waals surface area contributed by atoms with Crippen LogP contribution in [0.2, 0.25) is 0 Å². The number of fused-ring (bicyclic) bond motifs is 1. The summed E-state index contributed by atoms with van der Waals surface area (Å²) in [5, 5.41) is 6.32. The second kappa shape index (κ2) is 12.5. The highest BCUT2D eigenvalue weighted by atomic mass is 19.1. The van der Waals surface area contributed by atoms with E-state index >= 15 is 0 Å². The van der Waals surface area contributed by atoms with Gasteiger partial charge in [0.2, 0.25) is 12.7 Å². The first kappa shape index (κ1) is 25.7. The number of nitrogens with zero attached hydrogens (tertiary/aromatic N) is 1. The molecule has 8 heteroatoms. The summed E-state index contributed by atoms with van der Waals surface area (Å²) in [4.78, 5) is 16.8. The fraction of sp³-hybridized carbons (Fsp3) is 0.429. The van der Waals surface area contributed by atoms with Crippen LogP contribution in [0, 0.1) is 11.7 Å². The molecule has 2 aromatic carbocycles. The van der Waals surface area contributed by atoms with E-state index in [-0.39, 0.29) is 36.8 Å². The number of benzene rings is 2. The number of hydrogen-bond donors (Lipinski definition) is 2. The van der Waals surface area contributed by atoms with Gasteiger partial charge in [-0.15, -0.1) is 0 Å². The van der Waals surface area contributed by atoms with Crippen molar-refractivity contribution in [3.63, 3.8) is 0 Å². The van der Waals surface area contributed by atoms with Crippen molar-refractivity contribution in [2.45, 2.75) is 39.0 Å². The van der Waals surface area contributed by atoms with E-state index in [1.807, 2.05) is 50.3 Å². The van der Waals surface area contributed by atoms with Gasteiger partial charge in [-0.25, -0.2) is 4.39 Å². The Balaban J connectivity index is 1.37. The van der Waals surface area contributed by atoms with Crippen molar-refractivity contribution in [3.05, 3.63) is 65.1 Å². The standard InChI is InChI=1S/C28H34FN3O4/c1-3-22(31-4-2)9-12-32-28(33)14-20-13-19(5-7-25(20)29)24-10-11-30-16-21(24)17-34-23-6-8-26-27(15-23)36-18-35-26/h3-8,13,15,21,24,30H,9-12,14,16-18H2,1-2H3,(H,32,33)/b22-3-,31-4?/t21-,24-/m0/s1. The molecule has 2 atom stereocenters.